The molecule has 1 saturated carbocycles. The van der Waals surface area contributed by atoms with Gasteiger partial charge in [0.2, 0.25) is 0 Å². The Morgan fingerprint density at radius 1 is 1.30 bits per heavy atom. The second-order valence-corrected chi connectivity index (χ2v) is 8.85. The summed E-state index contributed by atoms with van der Waals surface area (Å²) in [4.78, 5) is 0. The fourth-order valence-electron chi connectivity index (χ4n) is 3.42. The summed E-state index contributed by atoms with van der Waals surface area (Å²) >= 11 is 0. The maximum absolute atomic E-state index is 13.5. The van der Waals surface area contributed by atoms with E-state index in [1.165, 1.54) is 26.2 Å². The van der Waals surface area contributed by atoms with Crippen molar-refractivity contribution in [3.05, 3.63) is 41.3 Å². The van der Waals surface area contributed by atoms with Gasteiger partial charge >= 0.3 is 0 Å². The summed E-state index contributed by atoms with van der Waals surface area (Å²) in [7, 11) is -0.470. The van der Waals surface area contributed by atoms with E-state index in [4.69, 9.17) is 0 Å². The van der Waals surface area contributed by atoms with E-state index in [1.807, 2.05) is 0 Å². The number of aromatic amines is 1. The largest absolute Gasteiger partial charge is 0.280 e. The van der Waals surface area contributed by atoms with Crippen LogP contribution in [0.25, 0.3) is 11.3 Å². The number of hydrogen-bond acceptors (Lipinski definition) is 4. The third kappa shape index (κ3) is 4.18. The molecule has 144 valence electrons. The van der Waals surface area contributed by atoms with E-state index in [1.54, 1.807) is 12.1 Å². The topological polar surface area (TPSA) is 102 Å². The van der Waals surface area contributed by atoms with Crippen molar-refractivity contribution in [3.63, 3.8) is 0 Å². The Morgan fingerprint density at radius 2 is 2.00 bits per heavy atom. The lowest BCUT2D eigenvalue weighted by Gasteiger charge is -2.29. The second-order valence-electron chi connectivity index (χ2n) is 6.94. The standard InChI is InChI=1S/C18H22FN5O2S/c1-24(2)27(25,26)23-15-8-6-12(7-9-15)17-16(11-20)18(22-21-17)13-4-3-5-14(19)10-13/h3-5,10,12,15,23H,6-9H2,1-2H3,(H,21,22). The number of nitrogens with one attached hydrogen (secondary N) is 2. The molecule has 27 heavy (non-hydrogen) atoms. The van der Waals surface area contributed by atoms with Gasteiger partial charge in [-0.25, -0.2) is 4.39 Å². The zero-order valence-corrected chi connectivity index (χ0v) is 16.1. The van der Waals surface area contributed by atoms with Crippen LogP contribution in [0.2, 0.25) is 0 Å². The molecule has 2 aromatic rings. The lowest BCUT2D eigenvalue weighted by Crippen LogP contribution is -2.43. The van der Waals surface area contributed by atoms with Crippen LogP contribution in [0.15, 0.2) is 24.3 Å². The zero-order valence-electron chi connectivity index (χ0n) is 15.2. The van der Waals surface area contributed by atoms with Crippen molar-refractivity contribution in [2.75, 3.05) is 14.1 Å². The average molecular weight is 391 g/mol. The van der Waals surface area contributed by atoms with E-state index in [0.717, 1.165) is 22.8 Å². The molecule has 0 spiro atoms. The quantitative estimate of drug-likeness (QED) is 0.817. The monoisotopic (exact) mass is 391 g/mol. The van der Waals surface area contributed by atoms with Gasteiger partial charge in [0.15, 0.2) is 0 Å². The van der Waals surface area contributed by atoms with Crippen molar-refractivity contribution in [3.8, 4) is 17.3 Å². The lowest BCUT2D eigenvalue weighted by atomic mass is 9.83. The van der Waals surface area contributed by atoms with Crippen molar-refractivity contribution >= 4 is 10.2 Å². The molecule has 0 amide bonds. The first-order valence-corrected chi connectivity index (χ1v) is 10.2. The maximum Gasteiger partial charge on any atom is 0.279 e. The number of nitrogens with zero attached hydrogens (tertiary/aromatic N) is 3. The lowest BCUT2D eigenvalue weighted by molar-refractivity contribution is 0.363. The number of halogens is 1. The van der Waals surface area contributed by atoms with E-state index >= 15 is 0 Å². The molecule has 1 aromatic heterocycles. The Balaban J connectivity index is 1.75. The summed E-state index contributed by atoms with van der Waals surface area (Å²) in [5.41, 5.74) is 2.17. The number of aromatic nitrogens is 2. The second kappa shape index (κ2) is 7.76. The van der Waals surface area contributed by atoms with E-state index in [9.17, 15) is 18.1 Å². The molecule has 0 bridgehead atoms. The highest BCUT2D eigenvalue weighted by atomic mass is 32.2. The fourth-order valence-corrected chi connectivity index (χ4v) is 4.29. The van der Waals surface area contributed by atoms with Crippen molar-refractivity contribution in [2.45, 2.75) is 37.6 Å². The Morgan fingerprint density at radius 3 is 2.59 bits per heavy atom. The molecule has 0 atom stereocenters. The molecule has 1 aromatic carbocycles. The van der Waals surface area contributed by atoms with E-state index in [2.05, 4.69) is 21.0 Å². The summed E-state index contributed by atoms with van der Waals surface area (Å²) in [6.45, 7) is 0. The summed E-state index contributed by atoms with van der Waals surface area (Å²) in [6, 6.07) is 8.07. The van der Waals surface area contributed by atoms with Gasteiger partial charge in [0, 0.05) is 31.6 Å². The third-order valence-corrected chi connectivity index (χ3v) is 6.53. The zero-order chi connectivity index (χ0) is 19.6. The molecule has 3 rings (SSSR count). The van der Waals surface area contributed by atoms with Crippen LogP contribution in [0.3, 0.4) is 0 Å². The first-order chi connectivity index (χ1) is 12.8. The average Bonchev–Trinajstić information content (AvgIpc) is 3.06. The molecule has 9 heteroatoms. The first kappa shape index (κ1) is 19.5. The maximum atomic E-state index is 13.5. The minimum atomic E-state index is -3.45. The van der Waals surface area contributed by atoms with E-state index < -0.39 is 10.2 Å². The van der Waals surface area contributed by atoms with Crippen molar-refractivity contribution in [1.29, 1.82) is 5.26 Å². The Labute approximate surface area is 158 Å². The Bertz CT molecular complexity index is 956. The van der Waals surface area contributed by atoms with Crippen LogP contribution in [0, 0.1) is 17.1 Å². The fraction of sp³-hybridized carbons (Fsp3) is 0.444. The third-order valence-electron chi connectivity index (χ3n) is 4.94. The highest BCUT2D eigenvalue weighted by Crippen LogP contribution is 2.36. The number of hydrogen-bond donors (Lipinski definition) is 2. The van der Waals surface area contributed by atoms with Gasteiger partial charge in [-0.15, -0.1) is 0 Å². The number of benzene rings is 1. The van der Waals surface area contributed by atoms with Gasteiger partial charge < -0.3 is 0 Å². The van der Waals surface area contributed by atoms with Gasteiger partial charge in [-0.05, 0) is 37.8 Å². The molecule has 2 N–H and O–H groups in total. The van der Waals surface area contributed by atoms with E-state index in [0.29, 0.717) is 29.7 Å². The molecule has 1 aliphatic rings. The molecular weight excluding hydrogens is 369 g/mol. The van der Waals surface area contributed by atoms with Gasteiger partial charge in [0.1, 0.15) is 23.1 Å². The smallest absolute Gasteiger partial charge is 0.279 e. The Kier molecular flexibility index (Phi) is 5.60. The van der Waals surface area contributed by atoms with Crippen LogP contribution >= 0.6 is 0 Å². The molecule has 0 unspecified atom stereocenters. The molecular formula is C18H22FN5O2S. The van der Waals surface area contributed by atoms with Gasteiger partial charge in [0.05, 0.1) is 5.69 Å². The van der Waals surface area contributed by atoms with Crippen LogP contribution < -0.4 is 4.72 Å². The van der Waals surface area contributed by atoms with Crippen LogP contribution in [0.4, 0.5) is 4.39 Å². The number of rotatable bonds is 5. The molecule has 7 nitrogen and oxygen atoms in total. The summed E-state index contributed by atoms with van der Waals surface area (Å²) in [5, 5.41) is 16.8. The summed E-state index contributed by atoms with van der Waals surface area (Å²) in [5.74, 6) is -0.288. The summed E-state index contributed by atoms with van der Waals surface area (Å²) < 4.78 is 41.3. The molecule has 0 radical (unpaired) electrons. The highest BCUT2D eigenvalue weighted by Gasteiger charge is 2.29. The van der Waals surface area contributed by atoms with E-state index in [-0.39, 0.29) is 17.8 Å². The molecule has 1 aliphatic carbocycles. The molecule has 1 heterocycles. The normalized spacial score (nSPS) is 20.6. The van der Waals surface area contributed by atoms with Gasteiger partial charge in [-0.3, -0.25) is 5.10 Å². The minimum Gasteiger partial charge on any atom is -0.280 e. The number of H-pyrrole nitrogens is 1. The molecule has 0 saturated heterocycles. The van der Waals surface area contributed by atoms with Gasteiger partial charge in [-0.1, -0.05) is 12.1 Å². The SMILES string of the molecule is CN(C)S(=O)(=O)NC1CCC(c2[nH]nc(-c3cccc(F)c3)c2C#N)CC1. The highest BCUT2D eigenvalue weighted by molar-refractivity contribution is 7.87. The van der Waals surface area contributed by atoms with Gasteiger partial charge in [-0.2, -0.15) is 27.8 Å². The van der Waals surface area contributed by atoms with Crippen molar-refractivity contribution < 1.29 is 12.8 Å². The van der Waals surface area contributed by atoms with Crippen molar-refractivity contribution in [1.82, 2.24) is 19.2 Å². The predicted octanol–water partition coefficient (Wildman–Crippen LogP) is 2.51. The Hall–Kier alpha value is -2.28. The first-order valence-electron chi connectivity index (χ1n) is 8.76. The van der Waals surface area contributed by atoms with Crippen LogP contribution in [0.1, 0.15) is 42.9 Å². The van der Waals surface area contributed by atoms with Crippen LogP contribution in [-0.4, -0.2) is 43.1 Å². The van der Waals surface area contributed by atoms with Crippen molar-refractivity contribution in [2.24, 2.45) is 0 Å². The molecule has 1 fully saturated rings. The minimum absolute atomic E-state index is 0.0922. The van der Waals surface area contributed by atoms with Crippen LogP contribution in [0.5, 0.6) is 0 Å². The molecule has 0 aliphatic heterocycles. The number of nitriles is 1. The summed E-state index contributed by atoms with van der Waals surface area (Å²) in [6.07, 6.45) is 2.83. The van der Waals surface area contributed by atoms with Gasteiger partial charge in [0.25, 0.3) is 10.2 Å². The van der Waals surface area contributed by atoms with Crippen LogP contribution in [-0.2, 0) is 10.2 Å². The predicted molar refractivity (Wildman–Crippen MR) is 99.4 cm³/mol.